The van der Waals surface area contributed by atoms with Crippen molar-refractivity contribution in [1.82, 2.24) is 0 Å². The first-order valence-corrected chi connectivity index (χ1v) is 2.84. The van der Waals surface area contributed by atoms with Crippen molar-refractivity contribution in [2.75, 3.05) is 0 Å². The molecule has 0 aliphatic carbocycles. The third-order valence-electron chi connectivity index (χ3n) is 0.919. The molecule has 0 saturated carbocycles. The zero-order valence-electron chi connectivity index (χ0n) is 5.79. The fourth-order valence-electron chi connectivity index (χ4n) is 0.489. The molecule has 0 aromatic carbocycles. The highest BCUT2D eigenvalue weighted by atomic mass is 35.5. The number of rotatable bonds is 4. The fourth-order valence-corrected chi connectivity index (χ4v) is 0.489. The van der Waals surface area contributed by atoms with Crippen LogP contribution in [0.5, 0.6) is 0 Å². The fraction of sp³-hybridized carbons (Fsp3) is 0.667. The number of carboxylic acids is 1. The van der Waals surface area contributed by atoms with Gasteiger partial charge in [-0.3, -0.25) is 4.79 Å². The molecule has 0 saturated heterocycles. The topological polar surface area (TPSA) is 54.4 Å². The van der Waals surface area contributed by atoms with Crippen LogP contribution in [0, 0.1) is 0 Å². The number of halogens is 1. The molecule has 10 heavy (non-hydrogen) atoms. The molecule has 0 atom stereocenters. The maximum Gasteiger partial charge on any atom is 0.303 e. The van der Waals surface area contributed by atoms with Gasteiger partial charge in [0, 0.05) is 12.8 Å². The van der Waals surface area contributed by atoms with Gasteiger partial charge in [-0.15, -0.1) is 12.4 Å². The molecule has 0 radical (unpaired) electrons. The SMILES string of the molecule is CC(=O)CCCC(=O)O.Cl. The number of carbonyl (C=O) groups is 2. The highest BCUT2D eigenvalue weighted by Crippen LogP contribution is 1.94. The van der Waals surface area contributed by atoms with Crippen LogP contribution in [0.15, 0.2) is 0 Å². The lowest BCUT2D eigenvalue weighted by molar-refractivity contribution is -0.137. The first-order valence-electron chi connectivity index (χ1n) is 2.84. The maximum absolute atomic E-state index is 10.2. The molecule has 0 fully saturated rings. The average Bonchev–Trinajstić information content (AvgIpc) is 1.63. The van der Waals surface area contributed by atoms with Gasteiger partial charge in [0.1, 0.15) is 5.78 Å². The Labute approximate surface area is 65.8 Å². The predicted molar refractivity (Wildman–Crippen MR) is 39.4 cm³/mol. The molecule has 0 bridgehead atoms. The van der Waals surface area contributed by atoms with Gasteiger partial charge in [0.2, 0.25) is 0 Å². The zero-order chi connectivity index (χ0) is 7.28. The van der Waals surface area contributed by atoms with E-state index in [2.05, 4.69) is 0 Å². The van der Waals surface area contributed by atoms with Crippen LogP contribution in [0.4, 0.5) is 0 Å². The number of Topliss-reactive ketones (excluding diaryl/α,β-unsaturated/α-hetero) is 1. The standard InChI is InChI=1S/C6H10O3.ClH/c1-5(7)3-2-4-6(8)9;/h2-4H2,1H3,(H,8,9);1H. The van der Waals surface area contributed by atoms with E-state index in [-0.39, 0.29) is 24.6 Å². The minimum atomic E-state index is -0.837. The van der Waals surface area contributed by atoms with Crippen molar-refractivity contribution in [3.63, 3.8) is 0 Å². The normalized spacial score (nSPS) is 8.10. The van der Waals surface area contributed by atoms with Crippen LogP contribution in [0.25, 0.3) is 0 Å². The minimum Gasteiger partial charge on any atom is -0.481 e. The molecule has 0 amide bonds. The predicted octanol–water partition coefficient (Wildman–Crippen LogP) is 1.25. The van der Waals surface area contributed by atoms with Crippen molar-refractivity contribution in [2.45, 2.75) is 26.2 Å². The third kappa shape index (κ3) is 10.4. The molecule has 0 aliphatic heterocycles. The molecule has 4 heteroatoms. The second-order valence-corrected chi connectivity index (χ2v) is 1.95. The number of hydrogen-bond acceptors (Lipinski definition) is 2. The molecule has 0 aromatic heterocycles. The van der Waals surface area contributed by atoms with E-state index in [1.165, 1.54) is 6.92 Å². The maximum atomic E-state index is 10.2. The average molecular weight is 167 g/mol. The molecule has 0 aromatic rings. The van der Waals surface area contributed by atoms with Gasteiger partial charge in [0.15, 0.2) is 0 Å². The number of carbonyl (C=O) groups excluding carboxylic acids is 1. The first-order chi connectivity index (χ1) is 4.13. The van der Waals surface area contributed by atoms with Crippen LogP contribution in [0.2, 0.25) is 0 Å². The quantitative estimate of drug-likeness (QED) is 0.684. The van der Waals surface area contributed by atoms with E-state index in [1.54, 1.807) is 0 Å². The molecule has 0 aliphatic rings. The van der Waals surface area contributed by atoms with Gasteiger partial charge in [-0.2, -0.15) is 0 Å². The Morgan fingerprint density at radius 3 is 2.10 bits per heavy atom. The molecule has 0 heterocycles. The first kappa shape index (κ1) is 12.1. The Balaban J connectivity index is 0. The van der Waals surface area contributed by atoms with Gasteiger partial charge in [-0.1, -0.05) is 0 Å². The van der Waals surface area contributed by atoms with Gasteiger partial charge in [0.25, 0.3) is 0 Å². The summed E-state index contributed by atoms with van der Waals surface area (Å²) in [5.74, 6) is -0.785. The van der Waals surface area contributed by atoms with Crippen LogP contribution in [-0.4, -0.2) is 16.9 Å². The Morgan fingerprint density at radius 1 is 1.30 bits per heavy atom. The smallest absolute Gasteiger partial charge is 0.303 e. The van der Waals surface area contributed by atoms with Crippen molar-refractivity contribution < 1.29 is 14.7 Å². The summed E-state index contributed by atoms with van der Waals surface area (Å²) in [5, 5.41) is 8.12. The van der Waals surface area contributed by atoms with Crippen molar-refractivity contribution >= 4 is 24.2 Å². The summed E-state index contributed by atoms with van der Waals surface area (Å²) >= 11 is 0. The Bertz CT molecular complexity index is 108. The van der Waals surface area contributed by atoms with Crippen molar-refractivity contribution in [3.8, 4) is 0 Å². The molecule has 0 unspecified atom stereocenters. The van der Waals surface area contributed by atoms with Crippen LogP contribution in [-0.2, 0) is 9.59 Å². The second-order valence-electron chi connectivity index (χ2n) is 1.95. The van der Waals surface area contributed by atoms with Gasteiger partial charge < -0.3 is 9.90 Å². The zero-order valence-corrected chi connectivity index (χ0v) is 6.61. The van der Waals surface area contributed by atoms with E-state index in [0.29, 0.717) is 12.8 Å². The summed E-state index contributed by atoms with van der Waals surface area (Å²) < 4.78 is 0. The van der Waals surface area contributed by atoms with E-state index in [4.69, 9.17) is 5.11 Å². The Hall–Kier alpha value is -0.570. The van der Waals surface area contributed by atoms with Crippen molar-refractivity contribution in [2.24, 2.45) is 0 Å². The van der Waals surface area contributed by atoms with Gasteiger partial charge in [-0.25, -0.2) is 0 Å². The van der Waals surface area contributed by atoms with Crippen LogP contribution in [0.1, 0.15) is 26.2 Å². The summed E-state index contributed by atoms with van der Waals surface area (Å²) in [6.07, 6.45) is 0.941. The molecule has 1 N–H and O–H groups in total. The highest BCUT2D eigenvalue weighted by Gasteiger charge is 1.97. The molecule has 0 spiro atoms. The monoisotopic (exact) mass is 166 g/mol. The number of carboxylic acid groups (broad SMARTS) is 1. The summed E-state index contributed by atoms with van der Waals surface area (Å²) in [6.45, 7) is 1.46. The summed E-state index contributed by atoms with van der Waals surface area (Å²) in [4.78, 5) is 20.1. The van der Waals surface area contributed by atoms with Crippen LogP contribution in [0.3, 0.4) is 0 Å². The van der Waals surface area contributed by atoms with Crippen molar-refractivity contribution in [3.05, 3.63) is 0 Å². The summed E-state index contributed by atoms with van der Waals surface area (Å²) in [7, 11) is 0. The van der Waals surface area contributed by atoms with Gasteiger partial charge in [-0.05, 0) is 13.3 Å². The largest absolute Gasteiger partial charge is 0.481 e. The lowest BCUT2D eigenvalue weighted by atomic mass is 10.2. The van der Waals surface area contributed by atoms with E-state index < -0.39 is 5.97 Å². The lowest BCUT2D eigenvalue weighted by Gasteiger charge is -1.89. The van der Waals surface area contributed by atoms with Crippen LogP contribution < -0.4 is 0 Å². The highest BCUT2D eigenvalue weighted by molar-refractivity contribution is 5.85. The molecular weight excluding hydrogens is 156 g/mol. The summed E-state index contributed by atoms with van der Waals surface area (Å²) in [6, 6.07) is 0. The number of hydrogen-bond donors (Lipinski definition) is 1. The Kier molecular flexibility index (Phi) is 7.95. The third-order valence-corrected chi connectivity index (χ3v) is 0.919. The van der Waals surface area contributed by atoms with E-state index in [9.17, 15) is 9.59 Å². The lowest BCUT2D eigenvalue weighted by Crippen LogP contribution is -1.96. The molecule has 60 valence electrons. The number of aliphatic carboxylic acids is 1. The minimum absolute atomic E-state index is 0. The van der Waals surface area contributed by atoms with Crippen LogP contribution >= 0.6 is 12.4 Å². The van der Waals surface area contributed by atoms with E-state index in [0.717, 1.165) is 0 Å². The molecular formula is C6H11ClO3. The second kappa shape index (κ2) is 6.55. The molecule has 0 rings (SSSR count). The van der Waals surface area contributed by atoms with E-state index >= 15 is 0 Å². The van der Waals surface area contributed by atoms with Gasteiger partial charge in [0.05, 0.1) is 0 Å². The molecule has 3 nitrogen and oxygen atoms in total. The Morgan fingerprint density at radius 2 is 1.80 bits per heavy atom. The summed E-state index contributed by atoms with van der Waals surface area (Å²) in [5.41, 5.74) is 0. The van der Waals surface area contributed by atoms with Gasteiger partial charge >= 0.3 is 5.97 Å². The van der Waals surface area contributed by atoms with E-state index in [1.807, 2.05) is 0 Å². The number of ketones is 1. The van der Waals surface area contributed by atoms with Crippen molar-refractivity contribution in [1.29, 1.82) is 0 Å².